The second-order valence-corrected chi connectivity index (χ2v) is 7.93. The van der Waals surface area contributed by atoms with Gasteiger partial charge in [0.1, 0.15) is 5.82 Å². The van der Waals surface area contributed by atoms with Gasteiger partial charge in [0, 0.05) is 42.5 Å². The maximum atomic E-state index is 13.3. The zero-order valence-corrected chi connectivity index (χ0v) is 20.1. The summed E-state index contributed by atoms with van der Waals surface area (Å²) in [6.07, 6.45) is 1.44. The summed E-state index contributed by atoms with van der Waals surface area (Å²) in [7, 11) is 0. The molecule has 1 atom stereocenters. The molecular formula is C20H31ClFIN4O. The van der Waals surface area contributed by atoms with Crippen LogP contribution in [0.25, 0.3) is 0 Å². The topological polar surface area (TPSA) is 56.7 Å². The van der Waals surface area contributed by atoms with Gasteiger partial charge in [-0.15, -0.1) is 24.0 Å². The standard InChI is InChI=1S/C20H30ClFN4O.HI/c1-5-18(27)26-10-9-15(12-26)25-19(23-6-2)24-13-20(3,4)16-8-7-14(22)11-17(16)21;/h7-8,11,15H,5-6,9-10,12-13H2,1-4H3,(H2,23,24,25);1H. The second kappa shape index (κ2) is 11.2. The first kappa shape index (κ1) is 24.9. The first-order chi connectivity index (χ1) is 12.8. The normalized spacial score (nSPS) is 17.3. The second-order valence-electron chi connectivity index (χ2n) is 7.53. The van der Waals surface area contributed by atoms with Gasteiger partial charge in [-0.1, -0.05) is 38.4 Å². The Morgan fingerprint density at radius 2 is 2.11 bits per heavy atom. The lowest BCUT2D eigenvalue weighted by Crippen LogP contribution is -2.45. The van der Waals surface area contributed by atoms with E-state index in [1.807, 2.05) is 32.6 Å². The van der Waals surface area contributed by atoms with Crippen molar-refractivity contribution in [2.45, 2.75) is 52.0 Å². The molecule has 1 aromatic rings. The van der Waals surface area contributed by atoms with Crippen molar-refractivity contribution in [2.75, 3.05) is 26.2 Å². The Kier molecular flexibility index (Phi) is 9.97. The largest absolute Gasteiger partial charge is 0.357 e. The zero-order valence-electron chi connectivity index (χ0n) is 17.0. The average molecular weight is 525 g/mol. The number of rotatable bonds is 6. The molecule has 0 bridgehead atoms. The molecule has 1 heterocycles. The van der Waals surface area contributed by atoms with Crippen LogP contribution in [-0.2, 0) is 10.2 Å². The fourth-order valence-corrected chi connectivity index (χ4v) is 3.66. The number of likely N-dealkylation sites (tertiary alicyclic amines) is 1. The number of carbonyl (C=O) groups excluding carboxylic acids is 1. The molecule has 1 unspecified atom stereocenters. The third-order valence-electron chi connectivity index (χ3n) is 4.82. The van der Waals surface area contributed by atoms with Gasteiger partial charge in [0.15, 0.2) is 5.96 Å². The molecule has 0 aliphatic carbocycles. The Hall–Kier alpha value is -1.09. The highest BCUT2D eigenvalue weighted by Gasteiger charge is 2.27. The van der Waals surface area contributed by atoms with Crippen molar-refractivity contribution in [1.82, 2.24) is 15.5 Å². The molecule has 1 aromatic carbocycles. The maximum absolute atomic E-state index is 13.3. The Morgan fingerprint density at radius 1 is 1.39 bits per heavy atom. The fraction of sp³-hybridized carbons (Fsp3) is 0.600. The van der Waals surface area contributed by atoms with Gasteiger partial charge in [-0.2, -0.15) is 0 Å². The molecule has 8 heteroatoms. The van der Waals surface area contributed by atoms with E-state index < -0.39 is 0 Å². The van der Waals surface area contributed by atoms with Crippen LogP contribution in [0, 0.1) is 5.82 Å². The van der Waals surface area contributed by atoms with Gasteiger partial charge in [-0.25, -0.2) is 4.39 Å². The summed E-state index contributed by atoms with van der Waals surface area (Å²) in [6, 6.07) is 4.67. The molecule has 158 valence electrons. The van der Waals surface area contributed by atoms with Gasteiger partial charge in [0.25, 0.3) is 0 Å². The first-order valence-corrected chi connectivity index (χ1v) is 9.92. The molecule has 1 aliphatic rings. The lowest BCUT2D eigenvalue weighted by Gasteiger charge is -2.25. The quantitative estimate of drug-likeness (QED) is 0.337. The summed E-state index contributed by atoms with van der Waals surface area (Å²) in [4.78, 5) is 18.5. The highest BCUT2D eigenvalue weighted by molar-refractivity contribution is 14.0. The van der Waals surface area contributed by atoms with E-state index >= 15 is 0 Å². The summed E-state index contributed by atoms with van der Waals surface area (Å²) in [5.74, 6) is 0.568. The van der Waals surface area contributed by atoms with Crippen molar-refractivity contribution >= 4 is 47.4 Å². The number of hydrogen-bond acceptors (Lipinski definition) is 2. The van der Waals surface area contributed by atoms with Crippen LogP contribution in [0.3, 0.4) is 0 Å². The average Bonchev–Trinajstić information content (AvgIpc) is 3.07. The van der Waals surface area contributed by atoms with Crippen LogP contribution in [0.5, 0.6) is 0 Å². The van der Waals surface area contributed by atoms with Gasteiger partial charge in [0.2, 0.25) is 5.91 Å². The minimum Gasteiger partial charge on any atom is -0.357 e. The molecule has 28 heavy (non-hydrogen) atoms. The number of aliphatic imine (C=N–C) groups is 1. The minimum absolute atomic E-state index is 0. The number of nitrogens with zero attached hydrogens (tertiary/aromatic N) is 2. The van der Waals surface area contributed by atoms with Gasteiger partial charge in [-0.3, -0.25) is 9.79 Å². The Labute approximate surface area is 189 Å². The number of amides is 1. The molecule has 1 fully saturated rings. The van der Waals surface area contributed by atoms with Gasteiger partial charge < -0.3 is 15.5 Å². The highest BCUT2D eigenvalue weighted by atomic mass is 127. The van der Waals surface area contributed by atoms with E-state index in [4.69, 9.17) is 16.6 Å². The lowest BCUT2D eigenvalue weighted by molar-refractivity contribution is -0.129. The summed E-state index contributed by atoms with van der Waals surface area (Å²) in [6.45, 7) is 10.7. The molecule has 5 nitrogen and oxygen atoms in total. The van der Waals surface area contributed by atoms with Crippen molar-refractivity contribution in [3.8, 4) is 0 Å². The molecule has 0 spiro atoms. The van der Waals surface area contributed by atoms with Crippen molar-refractivity contribution in [1.29, 1.82) is 0 Å². The van der Waals surface area contributed by atoms with Crippen LogP contribution in [0.15, 0.2) is 23.2 Å². The van der Waals surface area contributed by atoms with Crippen molar-refractivity contribution in [3.05, 3.63) is 34.6 Å². The van der Waals surface area contributed by atoms with E-state index in [0.717, 1.165) is 31.0 Å². The minimum atomic E-state index is -0.342. The first-order valence-electron chi connectivity index (χ1n) is 9.55. The van der Waals surface area contributed by atoms with Crippen LogP contribution in [0.4, 0.5) is 4.39 Å². The van der Waals surface area contributed by atoms with Gasteiger partial charge in [-0.05, 0) is 31.0 Å². The molecule has 2 N–H and O–H groups in total. The predicted molar refractivity (Wildman–Crippen MR) is 124 cm³/mol. The SMILES string of the molecule is CCNC(=NCC(C)(C)c1ccc(F)cc1Cl)NC1CCN(C(=O)CC)C1.I. The van der Waals surface area contributed by atoms with Crippen molar-refractivity contribution in [3.63, 3.8) is 0 Å². The van der Waals surface area contributed by atoms with E-state index in [0.29, 0.717) is 24.5 Å². The summed E-state index contributed by atoms with van der Waals surface area (Å²) in [5, 5.41) is 7.10. The van der Waals surface area contributed by atoms with Gasteiger partial charge >= 0.3 is 0 Å². The Bertz CT molecular complexity index is 699. The van der Waals surface area contributed by atoms with E-state index in [-0.39, 0.29) is 47.2 Å². The third-order valence-corrected chi connectivity index (χ3v) is 5.13. The Morgan fingerprint density at radius 3 is 2.71 bits per heavy atom. The lowest BCUT2D eigenvalue weighted by atomic mass is 9.84. The molecule has 0 saturated carbocycles. The third kappa shape index (κ3) is 6.76. The molecule has 1 aliphatic heterocycles. The smallest absolute Gasteiger partial charge is 0.222 e. The van der Waals surface area contributed by atoms with Crippen molar-refractivity contribution < 1.29 is 9.18 Å². The van der Waals surface area contributed by atoms with Crippen LogP contribution in [-0.4, -0.2) is 49.0 Å². The van der Waals surface area contributed by atoms with E-state index in [2.05, 4.69) is 10.6 Å². The van der Waals surface area contributed by atoms with E-state index in [1.54, 1.807) is 6.07 Å². The van der Waals surface area contributed by atoms with Crippen LogP contribution in [0.1, 0.15) is 46.1 Å². The summed E-state index contributed by atoms with van der Waals surface area (Å²) < 4.78 is 13.3. The maximum Gasteiger partial charge on any atom is 0.222 e. The van der Waals surface area contributed by atoms with Crippen LogP contribution >= 0.6 is 35.6 Å². The molecular weight excluding hydrogens is 494 g/mol. The number of nitrogens with one attached hydrogen (secondary N) is 2. The molecule has 2 rings (SSSR count). The molecule has 0 radical (unpaired) electrons. The predicted octanol–water partition coefficient (Wildman–Crippen LogP) is 3.94. The monoisotopic (exact) mass is 524 g/mol. The van der Waals surface area contributed by atoms with Gasteiger partial charge in [0.05, 0.1) is 6.54 Å². The number of halogens is 3. The number of carbonyl (C=O) groups is 1. The highest BCUT2D eigenvalue weighted by Crippen LogP contribution is 2.30. The molecule has 1 amide bonds. The molecule has 1 saturated heterocycles. The molecule has 0 aromatic heterocycles. The van der Waals surface area contributed by atoms with Crippen LogP contribution < -0.4 is 10.6 Å². The fourth-order valence-electron chi connectivity index (χ4n) is 3.24. The van der Waals surface area contributed by atoms with Crippen LogP contribution in [0.2, 0.25) is 5.02 Å². The number of guanidine groups is 1. The van der Waals surface area contributed by atoms with E-state index in [1.165, 1.54) is 12.1 Å². The zero-order chi connectivity index (χ0) is 20.0. The Balaban J connectivity index is 0.00000392. The van der Waals surface area contributed by atoms with E-state index in [9.17, 15) is 9.18 Å². The summed E-state index contributed by atoms with van der Waals surface area (Å²) >= 11 is 6.23. The van der Waals surface area contributed by atoms with Crippen molar-refractivity contribution in [2.24, 2.45) is 4.99 Å². The summed E-state index contributed by atoms with van der Waals surface area (Å²) in [5.41, 5.74) is 0.526. The number of benzene rings is 1. The number of hydrogen-bond donors (Lipinski definition) is 2.